The second kappa shape index (κ2) is 5.55. The molecule has 1 N–H and O–H groups in total. The van der Waals surface area contributed by atoms with Crippen molar-refractivity contribution in [3.63, 3.8) is 0 Å². The van der Waals surface area contributed by atoms with Crippen LogP contribution in [0.1, 0.15) is 17.2 Å². The van der Waals surface area contributed by atoms with Crippen LogP contribution in [-0.2, 0) is 0 Å². The molecule has 5 heteroatoms. The zero-order chi connectivity index (χ0) is 14.0. The van der Waals surface area contributed by atoms with Crippen LogP contribution in [0.2, 0.25) is 5.02 Å². The number of benzene rings is 2. The number of aliphatic hydroxyl groups excluding tert-OH is 1. The SMILES string of the molecule is COc1cccc(C(O)c2cc(F)c(F)cc2Cl)c1. The normalized spacial score (nSPS) is 12.3. The van der Waals surface area contributed by atoms with Gasteiger partial charge >= 0.3 is 0 Å². The predicted octanol–water partition coefficient (Wildman–Crippen LogP) is 3.71. The van der Waals surface area contributed by atoms with Gasteiger partial charge in [-0.1, -0.05) is 23.7 Å². The Morgan fingerprint density at radius 2 is 1.84 bits per heavy atom. The molecule has 0 spiro atoms. The minimum atomic E-state index is -1.15. The molecule has 2 nitrogen and oxygen atoms in total. The maximum absolute atomic E-state index is 13.2. The van der Waals surface area contributed by atoms with Crippen molar-refractivity contribution in [2.24, 2.45) is 0 Å². The molecule has 0 saturated heterocycles. The highest BCUT2D eigenvalue weighted by Crippen LogP contribution is 2.31. The summed E-state index contributed by atoms with van der Waals surface area (Å²) in [6, 6.07) is 8.37. The first-order valence-corrected chi connectivity index (χ1v) is 5.87. The lowest BCUT2D eigenvalue weighted by molar-refractivity contribution is 0.219. The lowest BCUT2D eigenvalue weighted by Crippen LogP contribution is -2.02. The lowest BCUT2D eigenvalue weighted by Gasteiger charge is -2.14. The summed E-state index contributed by atoms with van der Waals surface area (Å²) in [5.41, 5.74) is 0.584. The molecule has 1 atom stereocenters. The Bertz CT molecular complexity index is 602. The van der Waals surface area contributed by atoms with Crippen LogP contribution in [0.15, 0.2) is 36.4 Å². The Morgan fingerprint density at radius 3 is 2.53 bits per heavy atom. The third-order valence-corrected chi connectivity index (χ3v) is 3.07. The number of aliphatic hydroxyl groups is 1. The number of hydrogen-bond acceptors (Lipinski definition) is 2. The van der Waals surface area contributed by atoms with Gasteiger partial charge in [0.25, 0.3) is 0 Å². The summed E-state index contributed by atoms with van der Waals surface area (Å²) in [4.78, 5) is 0. The zero-order valence-corrected chi connectivity index (χ0v) is 10.8. The minimum Gasteiger partial charge on any atom is -0.497 e. The fourth-order valence-electron chi connectivity index (χ4n) is 1.74. The highest BCUT2D eigenvalue weighted by molar-refractivity contribution is 6.31. The van der Waals surface area contributed by atoms with Crippen LogP contribution >= 0.6 is 11.6 Å². The molecule has 0 aliphatic carbocycles. The molecule has 0 aliphatic rings. The average Bonchev–Trinajstić information content (AvgIpc) is 2.42. The standard InChI is InChI=1S/C14H11ClF2O2/c1-19-9-4-2-3-8(5-9)14(18)10-6-12(16)13(17)7-11(10)15/h2-7,14,18H,1H3. The molecule has 0 heterocycles. The van der Waals surface area contributed by atoms with Crippen molar-refractivity contribution in [1.82, 2.24) is 0 Å². The molecule has 0 fully saturated rings. The van der Waals surface area contributed by atoms with E-state index >= 15 is 0 Å². The molecule has 2 aromatic rings. The number of rotatable bonds is 3. The van der Waals surface area contributed by atoms with Crippen molar-refractivity contribution in [1.29, 1.82) is 0 Å². The summed E-state index contributed by atoms with van der Waals surface area (Å²) < 4.78 is 31.2. The highest BCUT2D eigenvalue weighted by atomic mass is 35.5. The van der Waals surface area contributed by atoms with Crippen LogP contribution < -0.4 is 4.74 Å². The summed E-state index contributed by atoms with van der Waals surface area (Å²) in [7, 11) is 1.50. The second-order valence-corrected chi connectivity index (χ2v) is 4.37. The Kier molecular flexibility index (Phi) is 4.02. The topological polar surface area (TPSA) is 29.5 Å². The third-order valence-electron chi connectivity index (χ3n) is 2.74. The van der Waals surface area contributed by atoms with Crippen LogP contribution in [0.25, 0.3) is 0 Å². The smallest absolute Gasteiger partial charge is 0.160 e. The molecule has 1 unspecified atom stereocenters. The molecular weight excluding hydrogens is 274 g/mol. The van der Waals surface area contributed by atoms with Gasteiger partial charge in [-0.3, -0.25) is 0 Å². The van der Waals surface area contributed by atoms with Gasteiger partial charge in [-0.05, 0) is 29.8 Å². The van der Waals surface area contributed by atoms with E-state index in [2.05, 4.69) is 0 Å². The number of ether oxygens (including phenoxy) is 1. The van der Waals surface area contributed by atoms with Crippen LogP contribution in [0, 0.1) is 11.6 Å². The highest BCUT2D eigenvalue weighted by Gasteiger charge is 2.17. The van der Waals surface area contributed by atoms with Gasteiger partial charge in [0.15, 0.2) is 11.6 Å². The fourth-order valence-corrected chi connectivity index (χ4v) is 1.99. The van der Waals surface area contributed by atoms with Crippen molar-refractivity contribution in [2.45, 2.75) is 6.10 Å². The average molecular weight is 285 g/mol. The molecule has 0 bridgehead atoms. The van der Waals surface area contributed by atoms with Gasteiger partial charge in [-0.15, -0.1) is 0 Å². The van der Waals surface area contributed by atoms with Crippen molar-refractivity contribution in [3.8, 4) is 5.75 Å². The zero-order valence-electron chi connectivity index (χ0n) is 10.0. The van der Waals surface area contributed by atoms with Crippen molar-refractivity contribution in [3.05, 3.63) is 64.2 Å². The number of hydrogen-bond donors (Lipinski definition) is 1. The number of halogens is 3. The monoisotopic (exact) mass is 284 g/mol. The molecule has 19 heavy (non-hydrogen) atoms. The maximum atomic E-state index is 13.2. The van der Waals surface area contributed by atoms with Crippen LogP contribution in [0.3, 0.4) is 0 Å². The van der Waals surface area contributed by atoms with Gasteiger partial charge in [0.1, 0.15) is 11.9 Å². The first-order chi connectivity index (χ1) is 9.02. The molecule has 2 aromatic carbocycles. The molecule has 100 valence electrons. The molecule has 0 saturated carbocycles. The summed E-state index contributed by atoms with van der Waals surface area (Å²) in [6.07, 6.45) is -1.15. The van der Waals surface area contributed by atoms with E-state index in [0.717, 1.165) is 12.1 Å². The Labute approximate surface area is 114 Å². The van der Waals surface area contributed by atoms with E-state index in [4.69, 9.17) is 16.3 Å². The van der Waals surface area contributed by atoms with Crippen molar-refractivity contribution >= 4 is 11.6 Å². The number of methoxy groups -OCH3 is 1. The summed E-state index contributed by atoms with van der Waals surface area (Å²) >= 11 is 5.82. The van der Waals surface area contributed by atoms with Crippen LogP contribution in [0.5, 0.6) is 5.75 Å². The van der Waals surface area contributed by atoms with Crippen molar-refractivity contribution in [2.75, 3.05) is 7.11 Å². The Morgan fingerprint density at radius 1 is 1.16 bits per heavy atom. The van der Waals surface area contributed by atoms with E-state index < -0.39 is 17.7 Å². The molecule has 0 aliphatic heterocycles. The van der Waals surface area contributed by atoms with E-state index in [1.165, 1.54) is 7.11 Å². The van der Waals surface area contributed by atoms with Gasteiger partial charge in [0.05, 0.1) is 7.11 Å². The molecule has 0 aromatic heterocycles. The first-order valence-electron chi connectivity index (χ1n) is 5.49. The minimum absolute atomic E-state index is 0.0331. The fraction of sp³-hybridized carbons (Fsp3) is 0.143. The second-order valence-electron chi connectivity index (χ2n) is 3.97. The van der Waals surface area contributed by atoms with Gasteiger partial charge in [0, 0.05) is 10.6 Å². The predicted molar refractivity (Wildman–Crippen MR) is 68.4 cm³/mol. The summed E-state index contributed by atoms with van der Waals surface area (Å²) in [5.74, 6) is -1.55. The Hall–Kier alpha value is -1.65. The first kappa shape index (κ1) is 13.8. The largest absolute Gasteiger partial charge is 0.497 e. The molecule has 0 radical (unpaired) electrons. The van der Waals surface area contributed by atoms with E-state index in [1.807, 2.05) is 0 Å². The van der Waals surface area contributed by atoms with Gasteiger partial charge in [-0.25, -0.2) is 8.78 Å². The van der Waals surface area contributed by atoms with Gasteiger partial charge < -0.3 is 9.84 Å². The van der Waals surface area contributed by atoms with E-state index in [0.29, 0.717) is 11.3 Å². The molecule has 0 amide bonds. The maximum Gasteiger partial charge on any atom is 0.160 e. The molecular formula is C14H11ClF2O2. The van der Waals surface area contributed by atoms with E-state index in [1.54, 1.807) is 24.3 Å². The Balaban J connectivity index is 2.43. The van der Waals surface area contributed by atoms with E-state index in [9.17, 15) is 13.9 Å². The van der Waals surface area contributed by atoms with Gasteiger partial charge in [0.2, 0.25) is 0 Å². The quantitative estimate of drug-likeness (QED) is 0.871. The van der Waals surface area contributed by atoms with Crippen LogP contribution in [0.4, 0.5) is 8.78 Å². The molecule has 2 rings (SSSR count). The van der Waals surface area contributed by atoms with Crippen LogP contribution in [-0.4, -0.2) is 12.2 Å². The lowest BCUT2D eigenvalue weighted by atomic mass is 10.0. The van der Waals surface area contributed by atoms with Gasteiger partial charge in [-0.2, -0.15) is 0 Å². The third kappa shape index (κ3) is 2.85. The van der Waals surface area contributed by atoms with Crippen molar-refractivity contribution < 1.29 is 18.6 Å². The summed E-state index contributed by atoms with van der Waals surface area (Å²) in [6.45, 7) is 0. The summed E-state index contributed by atoms with van der Waals surface area (Å²) in [5, 5.41) is 10.1. The van der Waals surface area contributed by atoms with E-state index in [-0.39, 0.29) is 10.6 Å².